The van der Waals surface area contributed by atoms with Crippen LogP contribution in [0.5, 0.6) is 5.75 Å². The van der Waals surface area contributed by atoms with Crippen LogP contribution in [0.25, 0.3) is 0 Å². The molecule has 0 bridgehead atoms. The van der Waals surface area contributed by atoms with Gasteiger partial charge in [0.1, 0.15) is 11.6 Å². The molecule has 0 aromatic heterocycles. The molecule has 0 heterocycles. The predicted octanol–water partition coefficient (Wildman–Crippen LogP) is 3.79. The second-order valence-corrected chi connectivity index (χ2v) is 4.35. The van der Waals surface area contributed by atoms with Crippen molar-refractivity contribution in [1.82, 2.24) is 0 Å². The number of ether oxygens (including phenoxy) is 1. The Morgan fingerprint density at radius 3 is 2.43 bits per heavy atom. The summed E-state index contributed by atoms with van der Waals surface area (Å²) in [6.07, 6.45) is -4.45. The van der Waals surface area contributed by atoms with E-state index >= 15 is 0 Å². The zero-order valence-corrected chi connectivity index (χ0v) is 11.4. The van der Waals surface area contributed by atoms with Gasteiger partial charge in [-0.1, -0.05) is 12.1 Å². The standard InChI is InChI=1S/C15H9F4NO3/c16-12-7-10(23-15(17,18)19)5-6-11(12)14(22)20-13-4-2-1-3-9(13)8-21/h1-8H,(H,20,22). The number of hydrogen-bond donors (Lipinski definition) is 1. The van der Waals surface area contributed by atoms with Crippen molar-refractivity contribution in [2.75, 3.05) is 5.32 Å². The van der Waals surface area contributed by atoms with E-state index in [4.69, 9.17) is 0 Å². The normalized spacial score (nSPS) is 11.0. The Morgan fingerprint density at radius 1 is 1.13 bits per heavy atom. The first-order valence-corrected chi connectivity index (χ1v) is 6.21. The first kappa shape index (κ1) is 16.5. The van der Waals surface area contributed by atoms with Gasteiger partial charge in [-0.2, -0.15) is 0 Å². The molecule has 2 rings (SSSR count). The SMILES string of the molecule is O=Cc1ccccc1NC(=O)c1ccc(OC(F)(F)F)cc1F. The number of nitrogens with one attached hydrogen (secondary N) is 1. The van der Waals surface area contributed by atoms with Gasteiger partial charge in [0.25, 0.3) is 5.91 Å². The van der Waals surface area contributed by atoms with Crippen LogP contribution < -0.4 is 10.1 Å². The second-order valence-electron chi connectivity index (χ2n) is 4.35. The van der Waals surface area contributed by atoms with Crippen molar-refractivity contribution >= 4 is 17.9 Å². The van der Waals surface area contributed by atoms with Crippen molar-refractivity contribution < 1.29 is 31.9 Å². The molecular weight excluding hydrogens is 318 g/mol. The molecule has 2 aromatic rings. The third kappa shape index (κ3) is 4.29. The molecule has 0 fully saturated rings. The lowest BCUT2D eigenvalue weighted by molar-refractivity contribution is -0.274. The van der Waals surface area contributed by atoms with E-state index in [2.05, 4.69) is 10.1 Å². The highest BCUT2D eigenvalue weighted by Gasteiger charge is 2.31. The molecule has 8 heteroatoms. The summed E-state index contributed by atoms with van der Waals surface area (Å²) in [6.45, 7) is 0. The van der Waals surface area contributed by atoms with Gasteiger partial charge in [0.05, 0.1) is 11.3 Å². The summed E-state index contributed by atoms with van der Waals surface area (Å²) in [7, 11) is 0. The molecule has 23 heavy (non-hydrogen) atoms. The average Bonchev–Trinajstić information content (AvgIpc) is 2.46. The van der Waals surface area contributed by atoms with Crippen molar-refractivity contribution in [1.29, 1.82) is 0 Å². The molecule has 0 aliphatic heterocycles. The molecule has 0 aliphatic carbocycles. The monoisotopic (exact) mass is 327 g/mol. The van der Waals surface area contributed by atoms with Crippen LogP contribution in [-0.4, -0.2) is 18.6 Å². The lowest BCUT2D eigenvalue weighted by Crippen LogP contribution is -2.18. The maximum atomic E-state index is 13.8. The first-order chi connectivity index (χ1) is 10.8. The predicted molar refractivity (Wildman–Crippen MR) is 72.9 cm³/mol. The Kier molecular flexibility index (Phi) is 4.63. The van der Waals surface area contributed by atoms with Crippen LogP contribution in [0.15, 0.2) is 42.5 Å². The molecular formula is C15H9F4NO3. The van der Waals surface area contributed by atoms with E-state index in [0.717, 1.165) is 12.1 Å². The Morgan fingerprint density at radius 2 is 1.83 bits per heavy atom. The number of alkyl halides is 3. The van der Waals surface area contributed by atoms with Crippen LogP contribution in [0.1, 0.15) is 20.7 Å². The van der Waals surface area contributed by atoms with Gasteiger partial charge in [-0.25, -0.2) is 4.39 Å². The van der Waals surface area contributed by atoms with Crippen molar-refractivity contribution in [3.05, 3.63) is 59.4 Å². The molecule has 120 valence electrons. The van der Waals surface area contributed by atoms with Crippen LogP contribution in [0.3, 0.4) is 0 Å². The van der Waals surface area contributed by atoms with Gasteiger partial charge in [-0.05, 0) is 24.3 Å². The molecule has 0 aliphatic rings. The molecule has 0 saturated heterocycles. The fourth-order valence-corrected chi connectivity index (χ4v) is 1.78. The van der Waals surface area contributed by atoms with Crippen LogP contribution in [-0.2, 0) is 0 Å². The topological polar surface area (TPSA) is 55.4 Å². The minimum atomic E-state index is -4.96. The summed E-state index contributed by atoms with van der Waals surface area (Å²) in [5.74, 6) is -2.87. The van der Waals surface area contributed by atoms with Gasteiger partial charge in [0.15, 0.2) is 6.29 Å². The van der Waals surface area contributed by atoms with Gasteiger partial charge in [-0.15, -0.1) is 13.2 Å². The van der Waals surface area contributed by atoms with E-state index in [-0.39, 0.29) is 11.3 Å². The third-order valence-corrected chi connectivity index (χ3v) is 2.75. The highest BCUT2D eigenvalue weighted by atomic mass is 19.4. The van der Waals surface area contributed by atoms with E-state index in [1.807, 2.05) is 0 Å². The molecule has 0 unspecified atom stereocenters. The van der Waals surface area contributed by atoms with Crippen molar-refractivity contribution in [2.24, 2.45) is 0 Å². The van der Waals surface area contributed by atoms with Gasteiger partial charge >= 0.3 is 6.36 Å². The number of amides is 1. The molecule has 1 N–H and O–H groups in total. The van der Waals surface area contributed by atoms with E-state index in [0.29, 0.717) is 12.4 Å². The van der Waals surface area contributed by atoms with Gasteiger partial charge < -0.3 is 10.1 Å². The Hall–Kier alpha value is -2.90. The number of aldehydes is 1. The van der Waals surface area contributed by atoms with Crippen molar-refractivity contribution in [3.8, 4) is 5.75 Å². The molecule has 0 saturated carbocycles. The van der Waals surface area contributed by atoms with Crippen LogP contribution in [0, 0.1) is 5.82 Å². The summed E-state index contributed by atoms with van der Waals surface area (Å²) in [5, 5.41) is 2.31. The highest BCUT2D eigenvalue weighted by Crippen LogP contribution is 2.25. The minimum absolute atomic E-state index is 0.155. The van der Waals surface area contributed by atoms with E-state index < -0.39 is 29.4 Å². The van der Waals surface area contributed by atoms with E-state index in [9.17, 15) is 27.2 Å². The highest BCUT2D eigenvalue weighted by molar-refractivity contribution is 6.06. The quantitative estimate of drug-likeness (QED) is 0.687. The number of hydrogen-bond acceptors (Lipinski definition) is 3. The van der Waals surface area contributed by atoms with Gasteiger partial charge in [0.2, 0.25) is 0 Å². The largest absolute Gasteiger partial charge is 0.573 e. The Labute approximate surface area is 127 Å². The number of rotatable bonds is 4. The zero-order chi connectivity index (χ0) is 17.0. The van der Waals surface area contributed by atoms with Crippen LogP contribution >= 0.6 is 0 Å². The summed E-state index contributed by atoms with van der Waals surface area (Å²) >= 11 is 0. The van der Waals surface area contributed by atoms with E-state index in [1.54, 1.807) is 12.1 Å². The molecule has 0 atom stereocenters. The lowest BCUT2D eigenvalue weighted by Gasteiger charge is -2.11. The Bertz CT molecular complexity index is 744. The minimum Gasteiger partial charge on any atom is -0.406 e. The summed E-state index contributed by atoms with van der Waals surface area (Å²) < 4.78 is 53.5. The number of para-hydroxylation sites is 1. The molecule has 1 amide bonds. The van der Waals surface area contributed by atoms with Crippen molar-refractivity contribution in [3.63, 3.8) is 0 Å². The maximum absolute atomic E-state index is 13.8. The number of carbonyl (C=O) groups excluding carboxylic acids is 2. The number of benzene rings is 2. The van der Waals surface area contributed by atoms with Gasteiger partial charge in [0, 0.05) is 11.6 Å². The molecule has 0 radical (unpaired) electrons. The van der Waals surface area contributed by atoms with Crippen LogP contribution in [0.2, 0.25) is 0 Å². The number of carbonyl (C=O) groups is 2. The van der Waals surface area contributed by atoms with Crippen LogP contribution in [0.4, 0.5) is 23.2 Å². The number of halogens is 4. The second kappa shape index (κ2) is 6.47. The zero-order valence-electron chi connectivity index (χ0n) is 11.4. The number of anilines is 1. The summed E-state index contributed by atoms with van der Waals surface area (Å²) in [5.41, 5.74) is -0.152. The fraction of sp³-hybridized carbons (Fsp3) is 0.0667. The maximum Gasteiger partial charge on any atom is 0.573 e. The summed E-state index contributed by atoms with van der Waals surface area (Å²) in [6, 6.07) is 8.13. The molecule has 4 nitrogen and oxygen atoms in total. The molecule has 0 spiro atoms. The lowest BCUT2D eigenvalue weighted by atomic mass is 10.1. The van der Waals surface area contributed by atoms with Gasteiger partial charge in [-0.3, -0.25) is 9.59 Å². The first-order valence-electron chi connectivity index (χ1n) is 6.21. The average molecular weight is 327 g/mol. The Balaban J connectivity index is 2.21. The fourth-order valence-electron chi connectivity index (χ4n) is 1.78. The summed E-state index contributed by atoms with van der Waals surface area (Å²) in [4.78, 5) is 22.8. The van der Waals surface area contributed by atoms with Crippen molar-refractivity contribution in [2.45, 2.75) is 6.36 Å². The third-order valence-electron chi connectivity index (χ3n) is 2.75. The smallest absolute Gasteiger partial charge is 0.406 e. The molecule has 2 aromatic carbocycles. The van der Waals surface area contributed by atoms with E-state index in [1.165, 1.54) is 12.1 Å².